The number of furan rings is 1. The minimum absolute atomic E-state index is 0.971. The molecule has 0 aliphatic rings. The van der Waals surface area contributed by atoms with Crippen LogP contribution in [0, 0.1) is 0 Å². The third kappa shape index (κ3) is 4.01. The van der Waals surface area contributed by atoms with E-state index in [1.807, 2.05) is 6.26 Å². The summed E-state index contributed by atoms with van der Waals surface area (Å²) in [5, 5.41) is 5.41. The summed E-state index contributed by atoms with van der Waals surface area (Å²) in [7, 11) is -3.34. The van der Waals surface area contributed by atoms with E-state index >= 15 is 0 Å². The maximum absolute atomic E-state index is 6.06. The van der Waals surface area contributed by atoms with Crippen LogP contribution in [0.25, 0.3) is 0 Å². The Hall–Kier alpha value is -2.41. The van der Waals surface area contributed by atoms with E-state index in [1.54, 1.807) is 0 Å². The summed E-state index contributed by atoms with van der Waals surface area (Å²) in [4.78, 5) is 0. The summed E-state index contributed by atoms with van der Waals surface area (Å²) in [6.07, 6.45) is 2.97. The number of rotatable bonds is 6. The lowest BCUT2D eigenvalue weighted by Crippen LogP contribution is -2.36. The van der Waals surface area contributed by atoms with Gasteiger partial charge in [-0.2, -0.15) is 0 Å². The minimum atomic E-state index is -1.86. The first-order chi connectivity index (χ1) is 14.0. The van der Waals surface area contributed by atoms with Gasteiger partial charge in [-0.25, -0.2) is 0 Å². The van der Waals surface area contributed by atoms with E-state index in [0.29, 0.717) is 0 Å². The highest BCUT2D eigenvalue weighted by molar-refractivity contribution is 7.95. The average molecular weight is 416 g/mol. The monoisotopic (exact) mass is 415 g/mol. The van der Waals surface area contributed by atoms with Crippen LogP contribution in [-0.4, -0.2) is 8.07 Å². The molecule has 0 bridgehead atoms. The fourth-order valence-electron chi connectivity index (χ4n) is 3.89. The van der Waals surface area contributed by atoms with E-state index in [-0.39, 0.29) is 0 Å². The highest BCUT2D eigenvalue weighted by Crippen LogP contribution is 2.58. The van der Waals surface area contributed by atoms with Gasteiger partial charge in [0.05, 0.1) is 11.6 Å². The molecule has 3 aromatic carbocycles. The molecule has 1 heterocycles. The Labute approximate surface area is 175 Å². The predicted octanol–water partition coefficient (Wildman–Crippen LogP) is 5.32. The SMILES string of the molecule is C[Si](C)(C)c1cc(C[P+](c2ccccc2)(c2ccccc2)c2ccccc2)co1. The van der Waals surface area contributed by atoms with Crippen LogP contribution in [0.15, 0.2) is 108 Å². The molecule has 0 saturated heterocycles. The molecule has 0 atom stereocenters. The lowest BCUT2D eigenvalue weighted by atomic mass is 10.3. The first-order valence-corrected chi connectivity index (χ1v) is 15.6. The van der Waals surface area contributed by atoms with Crippen molar-refractivity contribution in [3.05, 3.63) is 109 Å². The second-order valence-corrected chi connectivity index (χ2v) is 17.0. The van der Waals surface area contributed by atoms with Crippen LogP contribution in [0.5, 0.6) is 0 Å². The molecule has 0 saturated carbocycles. The Balaban J connectivity index is 1.94. The van der Waals surface area contributed by atoms with E-state index in [9.17, 15) is 0 Å². The number of benzene rings is 3. The van der Waals surface area contributed by atoms with Gasteiger partial charge in [0.2, 0.25) is 0 Å². The molecule has 29 heavy (non-hydrogen) atoms. The maximum Gasteiger partial charge on any atom is 0.123 e. The summed E-state index contributed by atoms with van der Waals surface area (Å²) in [6.45, 7) is 7.01. The average Bonchev–Trinajstić information content (AvgIpc) is 3.23. The molecule has 0 spiro atoms. The quantitative estimate of drug-likeness (QED) is 0.307. The zero-order chi connectivity index (χ0) is 20.3. The molecule has 1 aromatic heterocycles. The second kappa shape index (κ2) is 8.14. The summed E-state index contributed by atoms with van der Waals surface area (Å²) in [5.74, 6) is 0. The van der Waals surface area contributed by atoms with Crippen LogP contribution >= 0.6 is 7.26 Å². The van der Waals surface area contributed by atoms with E-state index in [2.05, 4.69) is 117 Å². The number of hydrogen-bond acceptors (Lipinski definition) is 1. The van der Waals surface area contributed by atoms with Gasteiger partial charge in [-0.3, -0.25) is 0 Å². The smallest absolute Gasteiger partial charge is 0.123 e. The zero-order valence-electron chi connectivity index (χ0n) is 17.4. The molecule has 4 rings (SSSR count). The molecular formula is C26H28OPSi+. The van der Waals surface area contributed by atoms with Crippen LogP contribution < -0.4 is 21.3 Å². The number of hydrogen-bond donors (Lipinski definition) is 0. The van der Waals surface area contributed by atoms with Crippen molar-refractivity contribution < 1.29 is 4.42 Å². The maximum atomic E-state index is 6.06. The summed E-state index contributed by atoms with van der Waals surface area (Å²) in [6, 6.07) is 35.4. The second-order valence-electron chi connectivity index (χ2n) is 8.54. The molecule has 0 amide bonds. The van der Waals surface area contributed by atoms with Crippen molar-refractivity contribution in [2.45, 2.75) is 25.8 Å². The summed E-state index contributed by atoms with van der Waals surface area (Å²) < 4.78 is 6.06. The lowest BCUT2D eigenvalue weighted by molar-refractivity contribution is 0.595. The van der Waals surface area contributed by atoms with Crippen LogP contribution in [0.3, 0.4) is 0 Å². The first-order valence-electron chi connectivity index (χ1n) is 10.1. The van der Waals surface area contributed by atoms with Gasteiger partial charge >= 0.3 is 0 Å². The third-order valence-corrected chi connectivity index (χ3v) is 11.5. The highest BCUT2D eigenvalue weighted by Gasteiger charge is 2.45. The fourth-order valence-corrected chi connectivity index (χ4v) is 9.12. The van der Waals surface area contributed by atoms with Crippen LogP contribution in [0.1, 0.15) is 5.56 Å². The van der Waals surface area contributed by atoms with Gasteiger partial charge in [-0.1, -0.05) is 74.2 Å². The van der Waals surface area contributed by atoms with E-state index in [4.69, 9.17) is 4.42 Å². The van der Waals surface area contributed by atoms with Crippen molar-refractivity contribution in [1.82, 2.24) is 0 Å². The fraction of sp³-hybridized carbons (Fsp3) is 0.154. The molecule has 0 fully saturated rings. The van der Waals surface area contributed by atoms with Gasteiger partial charge < -0.3 is 4.42 Å². The molecule has 0 aliphatic carbocycles. The van der Waals surface area contributed by atoms with Crippen LogP contribution in [0.2, 0.25) is 19.6 Å². The van der Waals surface area contributed by atoms with Gasteiger partial charge in [-0.15, -0.1) is 0 Å². The standard InChI is InChI=1S/C26H28OPSi/c1-29(2,3)26-19-22(20-27-26)21-28(23-13-7-4-8-14-23,24-15-9-5-10-16-24)25-17-11-6-12-18-25/h4-20H,21H2,1-3H3/q+1. The molecule has 3 heteroatoms. The molecule has 0 radical (unpaired) electrons. The van der Waals surface area contributed by atoms with E-state index < -0.39 is 15.3 Å². The Morgan fingerprint density at radius 1 is 0.655 bits per heavy atom. The lowest BCUT2D eigenvalue weighted by Gasteiger charge is -2.27. The Morgan fingerprint density at radius 2 is 1.07 bits per heavy atom. The summed E-state index contributed by atoms with van der Waals surface area (Å²) in [5.41, 5.74) is 1.30. The van der Waals surface area contributed by atoms with Gasteiger partial charge in [0.15, 0.2) is 0 Å². The Bertz CT molecular complexity index is 953. The van der Waals surface area contributed by atoms with Crippen LogP contribution in [0.4, 0.5) is 0 Å². The van der Waals surface area contributed by atoms with Gasteiger partial charge in [-0.05, 0) is 42.5 Å². The predicted molar refractivity (Wildman–Crippen MR) is 131 cm³/mol. The van der Waals surface area contributed by atoms with E-state index in [1.165, 1.54) is 26.9 Å². The third-order valence-electron chi connectivity index (χ3n) is 5.40. The Morgan fingerprint density at radius 3 is 1.41 bits per heavy atom. The largest absolute Gasteiger partial charge is 0.474 e. The highest BCUT2D eigenvalue weighted by atomic mass is 31.2. The van der Waals surface area contributed by atoms with Crippen molar-refractivity contribution in [1.29, 1.82) is 0 Å². The summed E-state index contributed by atoms with van der Waals surface area (Å²) >= 11 is 0. The van der Waals surface area contributed by atoms with Crippen LogP contribution in [-0.2, 0) is 6.16 Å². The molecule has 0 N–H and O–H groups in total. The first kappa shape index (κ1) is 19.9. The van der Waals surface area contributed by atoms with Crippen molar-refractivity contribution in [2.75, 3.05) is 0 Å². The van der Waals surface area contributed by atoms with Gasteiger partial charge in [0.25, 0.3) is 0 Å². The molecule has 0 unspecified atom stereocenters. The molecular weight excluding hydrogens is 387 g/mol. The normalized spacial score (nSPS) is 12.1. The van der Waals surface area contributed by atoms with Crippen molar-refractivity contribution in [3.8, 4) is 0 Å². The van der Waals surface area contributed by atoms with Crippen molar-refractivity contribution in [2.24, 2.45) is 0 Å². The topological polar surface area (TPSA) is 13.1 Å². The molecule has 1 nitrogen and oxygen atoms in total. The Kier molecular flexibility index (Phi) is 5.58. The van der Waals surface area contributed by atoms with Crippen molar-refractivity contribution >= 4 is 36.6 Å². The van der Waals surface area contributed by atoms with Crippen molar-refractivity contribution in [3.63, 3.8) is 0 Å². The van der Waals surface area contributed by atoms with Gasteiger partial charge in [0.1, 0.15) is 37.4 Å². The van der Waals surface area contributed by atoms with Gasteiger partial charge in [0, 0.05) is 5.56 Å². The molecule has 146 valence electrons. The molecule has 0 aliphatic heterocycles. The zero-order valence-corrected chi connectivity index (χ0v) is 19.3. The minimum Gasteiger partial charge on any atom is -0.474 e. The van der Waals surface area contributed by atoms with E-state index in [0.717, 1.165) is 6.16 Å². The molecule has 4 aromatic rings.